The molecule has 3 N–H and O–H groups in total. The van der Waals surface area contributed by atoms with Crippen LogP contribution in [0.5, 0.6) is 0 Å². The molecule has 0 heterocycles. The lowest BCUT2D eigenvalue weighted by molar-refractivity contribution is 0.164. The highest BCUT2D eigenvalue weighted by molar-refractivity contribution is 5.30. The minimum atomic E-state index is -0.499. The lowest BCUT2D eigenvalue weighted by Crippen LogP contribution is -2.23. The molecular weight excluding hydrogens is 162 g/mol. The van der Waals surface area contributed by atoms with E-state index in [4.69, 9.17) is 5.73 Å². The molecule has 72 valence electrons. The maximum absolute atomic E-state index is 9.33. The molecule has 0 saturated heterocycles. The fourth-order valence-corrected chi connectivity index (χ4v) is 1.48. The van der Waals surface area contributed by atoms with Crippen molar-refractivity contribution in [1.29, 1.82) is 0 Å². The Bertz CT molecular complexity index is 274. The summed E-state index contributed by atoms with van der Waals surface area (Å²) in [5.41, 5.74) is 9.20. The maximum Gasteiger partial charge on any atom is 0.0704 e. The molecule has 1 rings (SSSR count). The molecule has 2 heteroatoms. The molecular formula is C11H17NO. The van der Waals surface area contributed by atoms with E-state index in [1.54, 1.807) is 6.92 Å². The molecule has 2 nitrogen and oxygen atoms in total. The number of aliphatic hydroxyl groups is 1. The maximum atomic E-state index is 9.33. The second-order valence-electron chi connectivity index (χ2n) is 3.69. The Labute approximate surface area is 79.4 Å². The Balaban J connectivity index is 3.01. The number of aryl methyl sites for hydroxylation is 2. The van der Waals surface area contributed by atoms with Gasteiger partial charge in [0.1, 0.15) is 0 Å². The smallest absolute Gasteiger partial charge is 0.0704 e. The molecule has 0 saturated carbocycles. The lowest BCUT2D eigenvalue weighted by atomic mass is 9.99. The Hall–Kier alpha value is -0.860. The zero-order valence-corrected chi connectivity index (χ0v) is 8.41. The number of nitrogens with two attached hydrogens (primary N) is 1. The van der Waals surface area contributed by atoms with E-state index >= 15 is 0 Å². The van der Waals surface area contributed by atoms with Gasteiger partial charge in [-0.1, -0.05) is 29.3 Å². The Morgan fingerprint density at radius 1 is 1.15 bits per heavy atom. The van der Waals surface area contributed by atoms with Gasteiger partial charge in [0.05, 0.1) is 12.1 Å². The molecule has 0 aliphatic carbocycles. The van der Waals surface area contributed by atoms with Gasteiger partial charge >= 0.3 is 0 Å². The molecule has 0 radical (unpaired) electrons. The monoisotopic (exact) mass is 179 g/mol. The first-order valence-electron chi connectivity index (χ1n) is 4.52. The van der Waals surface area contributed by atoms with Gasteiger partial charge < -0.3 is 10.8 Å². The Morgan fingerprint density at radius 2 is 1.62 bits per heavy atom. The molecule has 1 aromatic rings. The van der Waals surface area contributed by atoms with Crippen molar-refractivity contribution in [2.75, 3.05) is 0 Å². The Kier molecular flexibility index (Phi) is 3.07. The second kappa shape index (κ2) is 3.90. The van der Waals surface area contributed by atoms with Crippen molar-refractivity contribution >= 4 is 0 Å². The molecule has 0 unspecified atom stereocenters. The van der Waals surface area contributed by atoms with Gasteiger partial charge in [-0.05, 0) is 26.3 Å². The first kappa shape index (κ1) is 10.2. The standard InChI is InChI=1S/C11H17NO/c1-7-4-8(2)6-10(5-7)11(12)9(3)13/h4-6,9,11,13H,12H2,1-3H3/t9-,11+/m0/s1. The van der Waals surface area contributed by atoms with Crippen molar-refractivity contribution in [3.63, 3.8) is 0 Å². The largest absolute Gasteiger partial charge is 0.391 e. The lowest BCUT2D eigenvalue weighted by Gasteiger charge is -2.16. The van der Waals surface area contributed by atoms with Crippen molar-refractivity contribution < 1.29 is 5.11 Å². The van der Waals surface area contributed by atoms with Gasteiger partial charge in [0.25, 0.3) is 0 Å². The van der Waals surface area contributed by atoms with Crippen molar-refractivity contribution in [2.45, 2.75) is 32.9 Å². The molecule has 13 heavy (non-hydrogen) atoms. The molecule has 0 aliphatic heterocycles. The van der Waals surface area contributed by atoms with Gasteiger partial charge in [-0.25, -0.2) is 0 Å². The fourth-order valence-electron chi connectivity index (χ4n) is 1.48. The Morgan fingerprint density at radius 3 is 2.00 bits per heavy atom. The summed E-state index contributed by atoms with van der Waals surface area (Å²) in [6, 6.07) is 5.85. The number of aliphatic hydroxyl groups excluding tert-OH is 1. The fraction of sp³-hybridized carbons (Fsp3) is 0.455. The van der Waals surface area contributed by atoms with E-state index in [2.05, 4.69) is 6.07 Å². The van der Waals surface area contributed by atoms with Gasteiger partial charge in [0.2, 0.25) is 0 Å². The summed E-state index contributed by atoms with van der Waals surface area (Å²) in [7, 11) is 0. The van der Waals surface area contributed by atoms with Crippen LogP contribution in [0.2, 0.25) is 0 Å². The minimum Gasteiger partial charge on any atom is -0.391 e. The molecule has 1 aromatic carbocycles. The van der Waals surface area contributed by atoms with Gasteiger partial charge in [0.15, 0.2) is 0 Å². The average molecular weight is 179 g/mol. The molecule has 0 fully saturated rings. The third kappa shape index (κ3) is 2.54. The van der Waals surface area contributed by atoms with Crippen LogP contribution in [0.1, 0.15) is 29.7 Å². The SMILES string of the molecule is Cc1cc(C)cc([C@H](N)[C@H](C)O)c1. The van der Waals surface area contributed by atoms with Crippen LogP contribution >= 0.6 is 0 Å². The van der Waals surface area contributed by atoms with E-state index in [1.165, 1.54) is 11.1 Å². The highest BCUT2D eigenvalue weighted by Gasteiger charge is 2.11. The van der Waals surface area contributed by atoms with E-state index in [0.29, 0.717) is 0 Å². The third-order valence-corrected chi connectivity index (χ3v) is 2.15. The van der Waals surface area contributed by atoms with Gasteiger partial charge in [-0.15, -0.1) is 0 Å². The molecule has 0 bridgehead atoms. The zero-order valence-electron chi connectivity index (χ0n) is 8.41. The first-order chi connectivity index (χ1) is 6.00. The zero-order chi connectivity index (χ0) is 10.0. The predicted molar refractivity (Wildman–Crippen MR) is 54.5 cm³/mol. The molecule has 0 aromatic heterocycles. The summed E-state index contributed by atoms with van der Waals surface area (Å²) in [6.45, 7) is 5.78. The van der Waals surface area contributed by atoms with Crippen LogP contribution in [0.3, 0.4) is 0 Å². The molecule has 0 aliphatic rings. The second-order valence-corrected chi connectivity index (χ2v) is 3.69. The van der Waals surface area contributed by atoms with Crippen LogP contribution in [0.15, 0.2) is 18.2 Å². The van der Waals surface area contributed by atoms with E-state index in [9.17, 15) is 5.11 Å². The average Bonchev–Trinajstić information content (AvgIpc) is 2.01. The normalized spacial score (nSPS) is 15.5. The van der Waals surface area contributed by atoms with Crippen LogP contribution in [0.25, 0.3) is 0 Å². The number of hydrogen-bond donors (Lipinski definition) is 2. The molecule has 2 atom stereocenters. The van der Waals surface area contributed by atoms with Crippen molar-refractivity contribution in [1.82, 2.24) is 0 Å². The highest BCUT2D eigenvalue weighted by Crippen LogP contribution is 2.17. The van der Waals surface area contributed by atoms with Crippen molar-refractivity contribution in [3.8, 4) is 0 Å². The molecule has 0 amide bonds. The van der Waals surface area contributed by atoms with E-state index in [1.807, 2.05) is 26.0 Å². The van der Waals surface area contributed by atoms with Crippen LogP contribution in [0, 0.1) is 13.8 Å². The highest BCUT2D eigenvalue weighted by atomic mass is 16.3. The van der Waals surface area contributed by atoms with Crippen LogP contribution < -0.4 is 5.73 Å². The summed E-state index contributed by atoms with van der Waals surface area (Å²) in [4.78, 5) is 0. The first-order valence-corrected chi connectivity index (χ1v) is 4.52. The van der Waals surface area contributed by atoms with Crippen molar-refractivity contribution in [3.05, 3.63) is 34.9 Å². The summed E-state index contributed by atoms with van der Waals surface area (Å²) >= 11 is 0. The number of benzene rings is 1. The summed E-state index contributed by atoms with van der Waals surface area (Å²) < 4.78 is 0. The van der Waals surface area contributed by atoms with E-state index < -0.39 is 6.10 Å². The number of rotatable bonds is 2. The van der Waals surface area contributed by atoms with E-state index in [-0.39, 0.29) is 6.04 Å². The summed E-state index contributed by atoms with van der Waals surface area (Å²) in [5.74, 6) is 0. The summed E-state index contributed by atoms with van der Waals surface area (Å²) in [5, 5.41) is 9.33. The topological polar surface area (TPSA) is 46.2 Å². The van der Waals surface area contributed by atoms with Crippen LogP contribution in [-0.4, -0.2) is 11.2 Å². The third-order valence-electron chi connectivity index (χ3n) is 2.15. The van der Waals surface area contributed by atoms with Crippen LogP contribution in [0.4, 0.5) is 0 Å². The van der Waals surface area contributed by atoms with Gasteiger partial charge in [-0.3, -0.25) is 0 Å². The summed E-state index contributed by atoms with van der Waals surface area (Å²) in [6.07, 6.45) is -0.499. The van der Waals surface area contributed by atoms with E-state index in [0.717, 1.165) is 5.56 Å². The minimum absolute atomic E-state index is 0.279. The van der Waals surface area contributed by atoms with Gasteiger partial charge in [-0.2, -0.15) is 0 Å². The predicted octanol–water partition coefficient (Wildman–Crippen LogP) is 1.68. The van der Waals surface area contributed by atoms with Gasteiger partial charge in [0, 0.05) is 0 Å². The van der Waals surface area contributed by atoms with Crippen LogP contribution in [-0.2, 0) is 0 Å². The number of hydrogen-bond acceptors (Lipinski definition) is 2. The van der Waals surface area contributed by atoms with Crippen molar-refractivity contribution in [2.24, 2.45) is 5.73 Å². The quantitative estimate of drug-likeness (QED) is 0.725. The molecule has 0 spiro atoms.